The summed E-state index contributed by atoms with van der Waals surface area (Å²) >= 11 is 0. The van der Waals surface area contributed by atoms with E-state index in [0.29, 0.717) is 26.1 Å². The Hall–Kier alpha value is -1.14. The number of ether oxygens (including phenoxy) is 4. The second-order valence-corrected chi connectivity index (χ2v) is 12.1. The van der Waals surface area contributed by atoms with Gasteiger partial charge in [0.1, 0.15) is 6.61 Å². The van der Waals surface area contributed by atoms with Crippen molar-refractivity contribution in [2.75, 3.05) is 33.5 Å². The molecular formula is C36H70O6. The number of esters is 2. The van der Waals surface area contributed by atoms with Crippen molar-refractivity contribution in [2.24, 2.45) is 0 Å². The van der Waals surface area contributed by atoms with E-state index in [1.807, 2.05) is 0 Å². The molecule has 0 saturated heterocycles. The fourth-order valence-electron chi connectivity index (χ4n) is 5.20. The van der Waals surface area contributed by atoms with Crippen molar-refractivity contribution in [1.29, 1.82) is 0 Å². The van der Waals surface area contributed by atoms with Crippen LogP contribution in [0, 0.1) is 0 Å². The molecule has 0 aromatic rings. The molecule has 6 nitrogen and oxygen atoms in total. The molecular weight excluding hydrogens is 528 g/mol. The van der Waals surface area contributed by atoms with Crippen molar-refractivity contribution >= 4 is 11.9 Å². The summed E-state index contributed by atoms with van der Waals surface area (Å²) in [6.45, 7) is 5.66. The lowest BCUT2D eigenvalue weighted by molar-refractivity contribution is -0.163. The lowest BCUT2D eigenvalue weighted by Gasteiger charge is -2.18. The van der Waals surface area contributed by atoms with Crippen LogP contribution in [0.4, 0.5) is 0 Å². The monoisotopic (exact) mass is 599 g/mol. The van der Waals surface area contributed by atoms with Crippen molar-refractivity contribution in [2.45, 2.75) is 187 Å². The van der Waals surface area contributed by atoms with Crippen LogP contribution in [0.1, 0.15) is 181 Å². The van der Waals surface area contributed by atoms with E-state index in [1.54, 1.807) is 7.11 Å². The quantitative estimate of drug-likeness (QED) is 0.0542. The van der Waals surface area contributed by atoms with Crippen LogP contribution in [0.5, 0.6) is 0 Å². The minimum Gasteiger partial charge on any atom is -0.462 e. The minimum absolute atomic E-state index is 0.0499. The molecule has 0 aliphatic heterocycles. The Balaban J connectivity index is 3.91. The number of hydrogen-bond acceptors (Lipinski definition) is 6. The number of rotatable bonds is 34. The average Bonchev–Trinajstić information content (AvgIpc) is 2.99. The largest absolute Gasteiger partial charge is 0.462 e. The third-order valence-corrected chi connectivity index (χ3v) is 7.93. The lowest BCUT2D eigenvalue weighted by Crippen LogP contribution is -2.30. The molecule has 0 saturated carbocycles. The molecule has 6 heteroatoms. The molecule has 1 unspecified atom stereocenters. The summed E-state index contributed by atoms with van der Waals surface area (Å²) in [6.07, 6.45) is 30.5. The van der Waals surface area contributed by atoms with Crippen LogP contribution in [0.2, 0.25) is 0 Å². The maximum atomic E-state index is 12.4. The molecule has 0 N–H and O–H groups in total. The Morgan fingerprint density at radius 1 is 0.476 bits per heavy atom. The summed E-state index contributed by atoms with van der Waals surface area (Å²) in [5.74, 6) is -0.458. The molecule has 0 aromatic heterocycles. The molecule has 0 amide bonds. The van der Waals surface area contributed by atoms with Crippen molar-refractivity contribution in [3.05, 3.63) is 0 Å². The summed E-state index contributed by atoms with van der Waals surface area (Å²) in [5, 5.41) is 0. The van der Waals surface area contributed by atoms with E-state index in [2.05, 4.69) is 13.8 Å². The van der Waals surface area contributed by atoms with Gasteiger partial charge in [0.25, 0.3) is 0 Å². The van der Waals surface area contributed by atoms with Gasteiger partial charge in [-0.1, -0.05) is 155 Å². The van der Waals surface area contributed by atoms with Gasteiger partial charge >= 0.3 is 11.9 Å². The van der Waals surface area contributed by atoms with Gasteiger partial charge in [-0.3, -0.25) is 9.59 Å². The van der Waals surface area contributed by atoms with Crippen molar-refractivity contribution in [3.8, 4) is 0 Å². The fraction of sp³-hybridized carbons (Fsp3) is 0.944. The Morgan fingerprint density at radius 3 is 1.26 bits per heavy atom. The van der Waals surface area contributed by atoms with Crippen LogP contribution in [-0.2, 0) is 28.5 Å². The molecule has 1 atom stereocenters. The van der Waals surface area contributed by atoms with Crippen LogP contribution >= 0.6 is 0 Å². The normalized spacial score (nSPS) is 12.0. The van der Waals surface area contributed by atoms with Gasteiger partial charge in [-0.15, -0.1) is 0 Å². The second-order valence-electron chi connectivity index (χ2n) is 12.1. The predicted molar refractivity (Wildman–Crippen MR) is 175 cm³/mol. The van der Waals surface area contributed by atoms with Gasteiger partial charge in [-0.2, -0.15) is 0 Å². The van der Waals surface area contributed by atoms with E-state index in [9.17, 15) is 9.59 Å². The smallest absolute Gasteiger partial charge is 0.306 e. The number of carbonyl (C=O) groups is 2. The molecule has 0 aromatic carbocycles. The Morgan fingerprint density at radius 2 is 0.857 bits per heavy atom. The summed E-state index contributed by atoms with van der Waals surface area (Å²) in [5.41, 5.74) is 0. The highest BCUT2D eigenvalue weighted by molar-refractivity contribution is 5.70. The molecule has 0 aliphatic rings. The van der Waals surface area contributed by atoms with Crippen LogP contribution in [0.15, 0.2) is 0 Å². The fourth-order valence-corrected chi connectivity index (χ4v) is 5.20. The molecule has 0 rings (SSSR count). The highest BCUT2D eigenvalue weighted by Gasteiger charge is 2.17. The molecule has 0 aliphatic carbocycles. The molecule has 42 heavy (non-hydrogen) atoms. The molecule has 0 fully saturated rings. The zero-order valence-electron chi connectivity index (χ0n) is 28.2. The van der Waals surface area contributed by atoms with E-state index >= 15 is 0 Å². The second kappa shape index (κ2) is 34.4. The van der Waals surface area contributed by atoms with Crippen LogP contribution < -0.4 is 0 Å². The molecule has 0 heterocycles. The maximum Gasteiger partial charge on any atom is 0.306 e. The Bertz CT molecular complexity index is 567. The van der Waals surface area contributed by atoms with Gasteiger partial charge in [0.15, 0.2) is 6.10 Å². The zero-order chi connectivity index (χ0) is 30.8. The van der Waals surface area contributed by atoms with Gasteiger partial charge in [0.2, 0.25) is 0 Å². The number of unbranched alkanes of at least 4 members (excludes halogenated alkanes) is 22. The third kappa shape index (κ3) is 31.8. The van der Waals surface area contributed by atoms with E-state index in [1.165, 1.54) is 128 Å². The van der Waals surface area contributed by atoms with E-state index in [0.717, 1.165) is 25.7 Å². The highest BCUT2D eigenvalue weighted by atomic mass is 16.6. The topological polar surface area (TPSA) is 71.1 Å². The summed E-state index contributed by atoms with van der Waals surface area (Å²) in [7, 11) is 1.62. The third-order valence-electron chi connectivity index (χ3n) is 7.93. The highest BCUT2D eigenvalue weighted by Crippen LogP contribution is 2.14. The van der Waals surface area contributed by atoms with Gasteiger partial charge < -0.3 is 18.9 Å². The Kier molecular flexibility index (Phi) is 33.4. The number of hydrogen-bond donors (Lipinski definition) is 0. The molecule has 0 spiro atoms. The van der Waals surface area contributed by atoms with Gasteiger partial charge in [-0.05, 0) is 12.8 Å². The summed E-state index contributed by atoms with van der Waals surface area (Å²) in [4.78, 5) is 24.7. The number of methoxy groups -OCH3 is 1. The zero-order valence-corrected chi connectivity index (χ0v) is 28.2. The Labute approximate surface area is 260 Å². The maximum absolute atomic E-state index is 12.4. The van der Waals surface area contributed by atoms with Crippen molar-refractivity contribution < 1.29 is 28.5 Å². The molecule has 0 bridgehead atoms. The lowest BCUT2D eigenvalue weighted by atomic mass is 10.0. The van der Waals surface area contributed by atoms with Crippen LogP contribution in [0.3, 0.4) is 0 Å². The predicted octanol–water partition coefficient (Wildman–Crippen LogP) is 10.3. The first-order valence-corrected chi connectivity index (χ1v) is 18.1. The minimum atomic E-state index is -0.572. The SMILES string of the molecule is CCCCCCCCCCCCCCCC(=O)OCC(COCCOC)OC(=O)CCCCCCCCCCCCC. The van der Waals surface area contributed by atoms with Crippen molar-refractivity contribution in [1.82, 2.24) is 0 Å². The van der Waals surface area contributed by atoms with Crippen LogP contribution in [-0.4, -0.2) is 51.6 Å². The van der Waals surface area contributed by atoms with Crippen molar-refractivity contribution in [3.63, 3.8) is 0 Å². The summed E-state index contributed by atoms with van der Waals surface area (Å²) < 4.78 is 21.7. The number of carbonyl (C=O) groups excluding carboxylic acids is 2. The van der Waals surface area contributed by atoms with E-state index in [4.69, 9.17) is 18.9 Å². The summed E-state index contributed by atoms with van der Waals surface area (Å²) in [6, 6.07) is 0. The van der Waals surface area contributed by atoms with Gasteiger partial charge in [0.05, 0.1) is 19.8 Å². The van der Waals surface area contributed by atoms with E-state index < -0.39 is 6.10 Å². The first-order chi connectivity index (χ1) is 20.6. The van der Waals surface area contributed by atoms with Crippen LogP contribution in [0.25, 0.3) is 0 Å². The van der Waals surface area contributed by atoms with Gasteiger partial charge in [-0.25, -0.2) is 0 Å². The molecule has 250 valence electrons. The standard InChI is InChI=1S/C36H70O6/c1-4-6-8-10-12-14-16-17-19-20-22-24-26-28-35(37)41-33-34(32-40-31-30-39-3)42-36(38)29-27-25-23-21-18-15-13-11-9-7-5-2/h34H,4-33H2,1-3H3. The first-order valence-electron chi connectivity index (χ1n) is 18.1. The average molecular weight is 599 g/mol. The van der Waals surface area contributed by atoms with E-state index in [-0.39, 0.29) is 25.2 Å². The molecule has 0 radical (unpaired) electrons. The first kappa shape index (κ1) is 40.9. The van der Waals surface area contributed by atoms with Gasteiger partial charge in [0, 0.05) is 20.0 Å².